The van der Waals surface area contributed by atoms with E-state index >= 15 is 0 Å². The SMILES string of the molecule is CCC[NH+](C)CC. The average Bonchev–Trinajstić information content (AvgIpc) is 1.68. The van der Waals surface area contributed by atoms with Crippen LogP contribution >= 0.6 is 0 Å². The Bertz CT molecular complexity index is 35.2. The third-order valence-corrected chi connectivity index (χ3v) is 1.28. The van der Waals surface area contributed by atoms with Gasteiger partial charge in [0.05, 0.1) is 20.1 Å². The molecule has 1 nitrogen and oxygen atoms in total. The van der Waals surface area contributed by atoms with E-state index in [4.69, 9.17) is 0 Å². The summed E-state index contributed by atoms with van der Waals surface area (Å²) in [6, 6.07) is 0. The summed E-state index contributed by atoms with van der Waals surface area (Å²) in [5.74, 6) is 0. The second-order valence-corrected chi connectivity index (χ2v) is 2.06. The van der Waals surface area contributed by atoms with Crippen LogP contribution in [-0.2, 0) is 0 Å². The summed E-state index contributed by atoms with van der Waals surface area (Å²) in [7, 11) is 2.23. The van der Waals surface area contributed by atoms with Gasteiger partial charge in [-0.25, -0.2) is 0 Å². The average molecular weight is 102 g/mol. The van der Waals surface area contributed by atoms with Crippen LogP contribution in [-0.4, -0.2) is 20.1 Å². The molecule has 44 valence electrons. The van der Waals surface area contributed by atoms with Crippen LogP contribution < -0.4 is 4.90 Å². The molecule has 1 atom stereocenters. The van der Waals surface area contributed by atoms with E-state index in [1.807, 2.05) is 0 Å². The molecule has 0 fully saturated rings. The molecule has 0 heterocycles. The lowest BCUT2D eigenvalue weighted by molar-refractivity contribution is -0.877. The van der Waals surface area contributed by atoms with Gasteiger partial charge in [0.25, 0.3) is 0 Å². The van der Waals surface area contributed by atoms with Crippen LogP contribution in [0.25, 0.3) is 0 Å². The summed E-state index contributed by atoms with van der Waals surface area (Å²) < 4.78 is 0. The number of hydrogen-bond donors (Lipinski definition) is 1. The fourth-order valence-electron chi connectivity index (χ4n) is 0.604. The number of hydrogen-bond acceptors (Lipinski definition) is 0. The van der Waals surface area contributed by atoms with E-state index in [2.05, 4.69) is 20.9 Å². The molecular weight excluding hydrogens is 86.1 g/mol. The number of nitrogens with one attached hydrogen (secondary N) is 1. The molecule has 0 saturated heterocycles. The Morgan fingerprint density at radius 3 is 2.00 bits per heavy atom. The van der Waals surface area contributed by atoms with E-state index in [1.165, 1.54) is 19.5 Å². The number of quaternary nitrogens is 1. The lowest BCUT2D eigenvalue weighted by atomic mass is 10.4. The van der Waals surface area contributed by atoms with E-state index < -0.39 is 0 Å². The molecular formula is C6H16N+. The van der Waals surface area contributed by atoms with Gasteiger partial charge in [-0.3, -0.25) is 0 Å². The van der Waals surface area contributed by atoms with Gasteiger partial charge in [0.2, 0.25) is 0 Å². The van der Waals surface area contributed by atoms with Gasteiger partial charge in [-0.2, -0.15) is 0 Å². The number of rotatable bonds is 3. The largest absolute Gasteiger partial charge is 0.338 e. The minimum absolute atomic E-state index is 1.26. The minimum atomic E-state index is 1.26. The Labute approximate surface area is 46.3 Å². The van der Waals surface area contributed by atoms with Gasteiger partial charge in [0.1, 0.15) is 0 Å². The Kier molecular flexibility index (Phi) is 4.10. The zero-order valence-corrected chi connectivity index (χ0v) is 5.62. The zero-order chi connectivity index (χ0) is 5.70. The second kappa shape index (κ2) is 4.13. The normalized spacial score (nSPS) is 14.1. The maximum Gasteiger partial charge on any atom is 0.0766 e. The van der Waals surface area contributed by atoms with Gasteiger partial charge >= 0.3 is 0 Å². The molecule has 0 saturated carbocycles. The molecule has 0 aromatic rings. The van der Waals surface area contributed by atoms with Crippen molar-refractivity contribution in [3.63, 3.8) is 0 Å². The predicted octanol–water partition coefficient (Wildman–Crippen LogP) is -0.0690. The highest BCUT2D eigenvalue weighted by Crippen LogP contribution is 1.60. The van der Waals surface area contributed by atoms with Gasteiger partial charge in [0, 0.05) is 0 Å². The first-order valence-corrected chi connectivity index (χ1v) is 3.12. The van der Waals surface area contributed by atoms with Gasteiger partial charge in [0.15, 0.2) is 0 Å². The topological polar surface area (TPSA) is 4.44 Å². The fraction of sp³-hybridized carbons (Fsp3) is 1.00. The van der Waals surface area contributed by atoms with Gasteiger partial charge in [-0.15, -0.1) is 0 Å². The molecule has 0 amide bonds. The van der Waals surface area contributed by atoms with E-state index in [-0.39, 0.29) is 0 Å². The van der Waals surface area contributed by atoms with E-state index in [0.29, 0.717) is 0 Å². The van der Waals surface area contributed by atoms with E-state index in [1.54, 1.807) is 4.90 Å². The van der Waals surface area contributed by atoms with Crippen molar-refractivity contribution >= 4 is 0 Å². The maximum atomic E-state index is 2.23. The molecule has 0 aliphatic rings. The highest BCUT2D eigenvalue weighted by atomic mass is 15.1. The van der Waals surface area contributed by atoms with Crippen molar-refractivity contribution in [3.05, 3.63) is 0 Å². The minimum Gasteiger partial charge on any atom is -0.338 e. The van der Waals surface area contributed by atoms with Crippen molar-refractivity contribution in [1.29, 1.82) is 0 Å². The molecule has 0 aromatic heterocycles. The van der Waals surface area contributed by atoms with Gasteiger partial charge < -0.3 is 4.90 Å². The first kappa shape index (κ1) is 6.96. The smallest absolute Gasteiger partial charge is 0.0766 e. The summed E-state index contributed by atoms with van der Waals surface area (Å²) in [4.78, 5) is 1.63. The van der Waals surface area contributed by atoms with Gasteiger partial charge in [-0.05, 0) is 13.3 Å². The summed E-state index contributed by atoms with van der Waals surface area (Å²) in [6.07, 6.45) is 1.31. The molecule has 0 rings (SSSR count). The van der Waals surface area contributed by atoms with Crippen LogP contribution in [0.5, 0.6) is 0 Å². The molecule has 0 aromatic carbocycles. The lowest BCUT2D eigenvalue weighted by Crippen LogP contribution is -3.08. The molecule has 0 radical (unpaired) electrons. The van der Waals surface area contributed by atoms with Crippen molar-refractivity contribution in [2.75, 3.05) is 20.1 Å². The fourth-order valence-corrected chi connectivity index (χ4v) is 0.604. The van der Waals surface area contributed by atoms with Gasteiger partial charge in [-0.1, -0.05) is 6.92 Å². The maximum absolute atomic E-state index is 2.23. The van der Waals surface area contributed by atoms with Crippen LogP contribution in [0, 0.1) is 0 Å². The van der Waals surface area contributed by atoms with Crippen molar-refractivity contribution in [3.8, 4) is 0 Å². The predicted molar refractivity (Wildman–Crippen MR) is 32.6 cm³/mol. The highest BCUT2D eigenvalue weighted by Gasteiger charge is 1.90. The molecule has 7 heavy (non-hydrogen) atoms. The van der Waals surface area contributed by atoms with Crippen LogP contribution in [0.2, 0.25) is 0 Å². The summed E-state index contributed by atoms with van der Waals surface area (Å²) >= 11 is 0. The van der Waals surface area contributed by atoms with Crippen LogP contribution in [0.15, 0.2) is 0 Å². The molecule has 1 heteroatoms. The Morgan fingerprint density at radius 2 is 1.86 bits per heavy atom. The first-order valence-electron chi connectivity index (χ1n) is 3.12. The third kappa shape index (κ3) is 3.80. The van der Waals surface area contributed by atoms with Crippen LogP contribution in [0.1, 0.15) is 20.3 Å². The molecule has 0 aliphatic carbocycles. The summed E-state index contributed by atoms with van der Waals surface area (Å²) in [5, 5.41) is 0. The van der Waals surface area contributed by atoms with Crippen molar-refractivity contribution in [2.45, 2.75) is 20.3 Å². The van der Waals surface area contributed by atoms with Crippen LogP contribution in [0.4, 0.5) is 0 Å². The Hall–Kier alpha value is -0.0400. The van der Waals surface area contributed by atoms with E-state index in [9.17, 15) is 0 Å². The van der Waals surface area contributed by atoms with Crippen molar-refractivity contribution in [2.24, 2.45) is 0 Å². The molecule has 0 bridgehead atoms. The molecule has 1 unspecified atom stereocenters. The Morgan fingerprint density at radius 1 is 1.29 bits per heavy atom. The quantitative estimate of drug-likeness (QED) is 0.509. The lowest BCUT2D eigenvalue weighted by Gasteiger charge is -2.07. The third-order valence-electron chi connectivity index (χ3n) is 1.28. The molecule has 0 spiro atoms. The summed E-state index contributed by atoms with van der Waals surface area (Å²) in [5.41, 5.74) is 0. The molecule has 0 aliphatic heterocycles. The summed E-state index contributed by atoms with van der Waals surface area (Å²) in [6.45, 7) is 7.01. The highest BCUT2D eigenvalue weighted by molar-refractivity contribution is 4.16. The monoisotopic (exact) mass is 102 g/mol. The first-order chi connectivity index (χ1) is 3.31. The van der Waals surface area contributed by atoms with Crippen molar-refractivity contribution in [1.82, 2.24) is 0 Å². The zero-order valence-electron chi connectivity index (χ0n) is 5.62. The second-order valence-electron chi connectivity index (χ2n) is 2.06. The van der Waals surface area contributed by atoms with E-state index in [0.717, 1.165) is 0 Å². The van der Waals surface area contributed by atoms with Crippen LogP contribution in [0.3, 0.4) is 0 Å². The van der Waals surface area contributed by atoms with Crippen molar-refractivity contribution < 1.29 is 4.90 Å². The standard InChI is InChI=1S/C6H15N/c1-4-6-7(3)5-2/h4-6H2,1-3H3/p+1. The molecule has 1 N–H and O–H groups in total. The Balaban J connectivity index is 2.83.